The molecule has 0 aliphatic heterocycles. The first kappa shape index (κ1) is 26.3. The minimum absolute atomic E-state index is 0.0428. The number of nitrogens with zero attached hydrogens (tertiary/aromatic N) is 4. The predicted octanol–water partition coefficient (Wildman–Crippen LogP) is 3.83. The molecule has 0 fully saturated rings. The number of anilines is 2. The lowest BCUT2D eigenvalue weighted by Gasteiger charge is -2.17. The van der Waals surface area contributed by atoms with E-state index in [1.54, 1.807) is 72.4 Å². The van der Waals surface area contributed by atoms with Crippen LogP contribution in [-0.4, -0.2) is 54.6 Å². The average molecular weight is 565 g/mol. The van der Waals surface area contributed by atoms with Crippen molar-refractivity contribution >= 4 is 55.8 Å². The molecule has 0 saturated carbocycles. The second kappa shape index (κ2) is 10.8. The molecule has 13 heteroatoms. The molecule has 2 aromatic carbocycles. The van der Waals surface area contributed by atoms with Crippen LogP contribution in [0.25, 0.3) is 21.7 Å². The molecular weight excluding hydrogens is 540 g/mol. The molecule has 0 atom stereocenters. The van der Waals surface area contributed by atoms with Crippen LogP contribution < -0.4 is 14.9 Å². The lowest BCUT2D eigenvalue weighted by molar-refractivity contribution is 0.0991. The standard InChI is InChI=1S/C26H24N6O5S2/c1-27-39(35,36)13-12-32-20-9-8-18(31(2)25(34)17-6-4-3-5-7-17)14-19(20)29-26(32)30-24(33)23-11-10-22(38-23)21-15-28-16-37-21/h3-11,14-16,27H,12-13H2,1-2H3,(H,29,30,33). The Labute approximate surface area is 228 Å². The summed E-state index contributed by atoms with van der Waals surface area (Å²) in [7, 11) is -0.514. The fourth-order valence-electron chi connectivity index (χ4n) is 3.95. The molecule has 11 nitrogen and oxygen atoms in total. The highest BCUT2D eigenvalue weighted by molar-refractivity contribution is 7.89. The highest BCUT2D eigenvalue weighted by Crippen LogP contribution is 2.29. The number of amides is 2. The third-order valence-corrected chi connectivity index (χ3v) is 8.51. The summed E-state index contributed by atoms with van der Waals surface area (Å²) in [5.41, 5.74) is 2.23. The van der Waals surface area contributed by atoms with Crippen LogP contribution in [0.3, 0.4) is 0 Å². The molecule has 5 aromatic rings. The highest BCUT2D eigenvalue weighted by atomic mass is 32.2. The molecule has 39 heavy (non-hydrogen) atoms. The minimum Gasteiger partial charge on any atom is -0.443 e. The number of carbonyl (C=O) groups excluding carboxylic acids is 2. The normalized spacial score (nSPS) is 11.5. The molecule has 0 bridgehead atoms. The van der Waals surface area contributed by atoms with Crippen LogP contribution in [0.4, 0.5) is 11.6 Å². The first-order chi connectivity index (χ1) is 18.8. The van der Waals surface area contributed by atoms with E-state index in [4.69, 9.17) is 4.42 Å². The van der Waals surface area contributed by atoms with Gasteiger partial charge in [-0.05, 0) is 49.5 Å². The van der Waals surface area contributed by atoms with Gasteiger partial charge in [0.05, 0.1) is 32.7 Å². The van der Waals surface area contributed by atoms with Crippen molar-refractivity contribution in [1.82, 2.24) is 19.3 Å². The number of fused-ring (bicyclic) bond motifs is 1. The molecule has 0 radical (unpaired) electrons. The van der Waals surface area contributed by atoms with Crippen LogP contribution in [-0.2, 0) is 16.6 Å². The summed E-state index contributed by atoms with van der Waals surface area (Å²) in [4.78, 5) is 37.2. The summed E-state index contributed by atoms with van der Waals surface area (Å²) >= 11 is 1.23. The third kappa shape index (κ3) is 5.60. The molecular formula is C26H24N6O5S2. The van der Waals surface area contributed by atoms with Crippen molar-refractivity contribution in [2.75, 3.05) is 30.1 Å². The number of sulfonamides is 1. The molecule has 0 spiro atoms. The van der Waals surface area contributed by atoms with Gasteiger partial charge in [-0.15, -0.1) is 11.3 Å². The van der Waals surface area contributed by atoms with Crippen LogP contribution in [0.2, 0.25) is 0 Å². The number of rotatable bonds is 9. The monoisotopic (exact) mass is 564 g/mol. The van der Waals surface area contributed by atoms with Gasteiger partial charge in [0.1, 0.15) is 0 Å². The Morgan fingerprint density at radius 2 is 1.90 bits per heavy atom. The zero-order chi connectivity index (χ0) is 27.6. The predicted molar refractivity (Wildman–Crippen MR) is 150 cm³/mol. The molecule has 0 unspecified atom stereocenters. The van der Waals surface area contributed by atoms with Crippen molar-refractivity contribution < 1.29 is 22.4 Å². The average Bonchev–Trinajstić information content (AvgIpc) is 3.71. The van der Waals surface area contributed by atoms with E-state index in [9.17, 15) is 18.0 Å². The third-order valence-electron chi connectivity index (χ3n) is 6.07. The van der Waals surface area contributed by atoms with E-state index >= 15 is 0 Å². The number of oxazole rings is 1. The van der Waals surface area contributed by atoms with Gasteiger partial charge in [0.25, 0.3) is 11.8 Å². The Hall–Kier alpha value is -4.33. The molecule has 200 valence electrons. The smallest absolute Gasteiger partial charge is 0.268 e. The Balaban J connectivity index is 1.47. The van der Waals surface area contributed by atoms with Gasteiger partial charge in [0, 0.05) is 24.8 Å². The molecule has 3 heterocycles. The van der Waals surface area contributed by atoms with E-state index in [0.29, 0.717) is 32.9 Å². The summed E-state index contributed by atoms with van der Waals surface area (Å²) in [6.07, 6.45) is 2.88. The van der Waals surface area contributed by atoms with Gasteiger partial charge in [0.15, 0.2) is 12.2 Å². The molecule has 2 amide bonds. The van der Waals surface area contributed by atoms with Gasteiger partial charge < -0.3 is 13.9 Å². The minimum atomic E-state index is -3.53. The number of imidazole rings is 1. The summed E-state index contributed by atoms with van der Waals surface area (Å²) in [6.45, 7) is 0.0428. The Bertz CT molecular complexity index is 1740. The molecule has 0 aliphatic carbocycles. The van der Waals surface area contributed by atoms with Crippen LogP contribution in [0.5, 0.6) is 0 Å². The lowest BCUT2D eigenvalue weighted by Crippen LogP contribution is -2.26. The second-order valence-electron chi connectivity index (χ2n) is 8.50. The zero-order valence-corrected chi connectivity index (χ0v) is 22.6. The number of hydrogen-bond acceptors (Lipinski definition) is 8. The number of nitrogens with one attached hydrogen (secondary N) is 2. The zero-order valence-electron chi connectivity index (χ0n) is 21.0. The number of hydrogen-bond donors (Lipinski definition) is 2. The molecule has 5 rings (SSSR count). The quantitative estimate of drug-likeness (QED) is 0.277. The van der Waals surface area contributed by atoms with Gasteiger partial charge in [-0.2, -0.15) is 0 Å². The molecule has 0 aliphatic rings. The van der Waals surface area contributed by atoms with Crippen LogP contribution in [0.15, 0.2) is 77.7 Å². The Kier molecular flexibility index (Phi) is 7.28. The van der Waals surface area contributed by atoms with Crippen LogP contribution in [0.1, 0.15) is 20.0 Å². The van der Waals surface area contributed by atoms with Crippen LogP contribution >= 0.6 is 11.3 Å². The van der Waals surface area contributed by atoms with E-state index in [1.165, 1.54) is 29.7 Å². The first-order valence-corrected chi connectivity index (χ1v) is 14.3. The van der Waals surface area contributed by atoms with E-state index in [0.717, 1.165) is 4.88 Å². The lowest BCUT2D eigenvalue weighted by atomic mass is 10.2. The van der Waals surface area contributed by atoms with Crippen molar-refractivity contribution in [3.8, 4) is 10.6 Å². The fourth-order valence-corrected chi connectivity index (χ4v) is 5.43. The van der Waals surface area contributed by atoms with E-state index in [2.05, 4.69) is 20.0 Å². The SMILES string of the molecule is CNS(=O)(=O)CCn1c(NC(=O)c2ccc(-c3cnco3)s2)nc2cc(N(C)C(=O)c3ccccc3)ccc21. The number of aromatic nitrogens is 3. The van der Waals surface area contributed by atoms with Gasteiger partial charge in [-0.1, -0.05) is 18.2 Å². The van der Waals surface area contributed by atoms with Gasteiger partial charge in [0.2, 0.25) is 16.0 Å². The summed E-state index contributed by atoms with van der Waals surface area (Å²) in [5, 5.41) is 2.81. The highest BCUT2D eigenvalue weighted by Gasteiger charge is 2.20. The van der Waals surface area contributed by atoms with Crippen LogP contribution in [0, 0.1) is 0 Å². The number of benzene rings is 2. The van der Waals surface area contributed by atoms with Gasteiger partial charge in [-0.3, -0.25) is 14.9 Å². The molecule has 0 saturated heterocycles. The Morgan fingerprint density at radius 1 is 1.10 bits per heavy atom. The maximum Gasteiger partial charge on any atom is 0.268 e. The van der Waals surface area contributed by atoms with Gasteiger partial charge >= 0.3 is 0 Å². The second-order valence-corrected chi connectivity index (χ2v) is 11.6. The fraction of sp³-hybridized carbons (Fsp3) is 0.154. The molecule has 2 N–H and O–H groups in total. The largest absolute Gasteiger partial charge is 0.443 e. The Morgan fingerprint density at radius 3 is 2.62 bits per heavy atom. The topological polar surface area (TPSA) is 139 Å². The van der Waals surface area contributed by atoms with E-state index < -0.39 is 15.9 Å². The number of carbonyl (C=O) groups is 2. The maximum atomic E-state index is 13.1. The maximum absolute atomic E-state index is 13.1. The van der Waals surface area contributed by atoms with Crippen molar-refractivity contribution in [3.05, 3.63) is 83.7 Å². The first-order valence-electron chi connectivity index (χ1n) is 11.8. The number of aryl methyl sites for hydroxylation is 1. The van der Waals surface area contributed by atoms with Crippen molar-refractivity contribution in [3.63, 3.8) is 0 Å². The van der Waals surface area contributed by atoms with Crippen molar-refractivity contribution in [1.29, 1.82) is 0 Å². The summed E-state index contributed by atoms with van der Waals surface area (Å²) in [5.74, 6) is -0.0882. The number of thiophene rings is 1. The molecule has 3 aromatic heterocycles. The van der Waals surface area contributed by atoms with E-state index in [1.807, 2.05) is 6.07 Å². The van der Waals surface area contributed by atoms with Gasteiger partial charge in [-0.25, -0.2) is 23.1 Å². The van der Waals surface area contributed by atoms with Crippen molar-refractivity contribution in [2.45, 2.75) is 6.54 Å². The summed E-state index contributed by atoms with van der Waals surface area (Å²) in [6, 6.07) is 17.6. The van der Waals surface area contributed by atoms with E-state index in [-0.39, 0.29) is 24.2 Å². The van der Waals surface area contributed by atoms with Crippen molar-refractivity contribution in [2.24, 2.45) is 0 Å². The summed E-state index contributed by atoms with van der Waals surface area (Å²) < 4.78 is 33.6.